The van der Waals surface area contributed by atoms with Crippen molar-refractivity contribution in [2.24, 2.45) is 5.73 Å². The third-order valence-electron chi connectivity index (χ3n) is 2.76. The van der Waals surface area contributed by atoms with Crippen LogP contribution in [0.5, 0.6) is 11.5 Å². The van der Waals surface area contributed by atoms with Crippen molar-refractivity contribution in [3.8, 4) is 11.5 Å². The third kappa shape index (κ3) is 3.19. The molecule has 19 heavy (non-hydrogen) atoms. The van der Waals surface area contributed by atoms with Crippen LogP contribution in [0.25, 0.3) is 0 Å². The number of rotatable bonds is 3. The number of ether oxygens (including phenoxy) is 2. The fourth-order valence-corrected chi connectivity index (χ4v) is 3.28. The van der Waals surface area contributed by atoms with E-state index in [9.17, 15) is 8.42 Å². The lowest BCUT2D eigenvalue weighted by molar-refractivity contribution is 0.166. The second-order valence-electron chi connectivity index (χ2n) is 5.52. The lowest BCUT2D eigenvalue weighted by atomic mass is 9.96. The first-order valence-corrected chi connectivity index (χ1v) is 7.98. The summed E-state index contributed by atoms with van der Waals surface area (Å²) in [6, 6.07) is 3.49. The molecule has 0 unspecified atom stereocenters. The molecule has 1 aromatic rings. The van der Waals surface area contributed by atoms with Crippen molar-refractivity contribution in [1.82, 2.24) is 0 Å². The lowest BCUT2D eigenvalue weighted by Crippen LogP contribution is -2.35. The Kier molecular flexibility index (Phi) is 3.49. The van der Waals surface area contributed by atoms with E-state index in [0.717, 1.165) is 0 Å². The smallest absolute Gasteiger partial charge is 0.180 e. The zero-order valence-electron chi connectivity index (χ0n) is 11.4. The Morgan fingerprint density at radius 3 is 2.47 bits per heavy atom. The van der Waals surface area contributed by atoms with Crippen molar-refractivity contribution in [1.29, 1.82) is 0 Å². The van der Waals surface area contributed by atoms with Crippen molar-refractivity contribution in [2.75, 3.05) is 19.5 Å². The molecule has 0 fully saturated rings. The molecule has 0 saturated carbocycles. The van der Waals surface area contributed by atoms with Crippen LogP contribution in [0, 0.1) is 0 Å². The van der Waals surface area contributed by atoms with Crippen LogP contribution in [-0.4, -0.2) is 33.4 Å². The third-order valence-corrected chi connectivity index (χ3v) is 3.95. The summed E-state index contributed by atoms with van der Waals surface area (Å²) in [6.45, 7) is 4.49. The fraction of sp³-hybridized carbons (Fsp3) is 0.538. The van der Waals surface area contributed by atoms with Gasteiger partial charge in [-0.05, 0) is 31.9 Å². The van der Waals surface area contributed by atoms with E-state index in [1.165, 1.54) is 6.26 Å². The average Bonchev–Trinajstić information content (AvgIpc) is 2.24. The van der Waals surface area contributed by atoms with Crippen molar-refractivity contribution in [3.05, 3.63) is 17.7 Å². The van der Waals surface area contributed by atoms with Gasteiger partial charge in [0, 0.05) is 11.8 Å². The summed E-state index contributed by atoms with van der Waals surface area (Å²) in [5, 5.41) is 0. The highest BCUT2D eigenvalue weighted by molar-refractivity contribution is 7.90. The van der Waals surface area contributed by atoms with Crippen LogP contribution in [0.15, 0.2) is 17.0 Å². The van der Waals surface area contributed by atoms with Gasteiger partial charge >= 0.3 is 0 Å². The zero-order chi connectivity index (χ0) is 14.3. The predicted octanol–water partition coefficient (Wildman–Crippen LogP) is 1.14. The van der Waals surface area contributed by atoms with Gasteiger partial charge in [0.1, 0.15) is 18.1 Å². The van der Waals surface area contributed by atoms with Gasteiger partial charge in [0.05, 0.1) is 0 Å². The fourth-order valence-electron chi connectivity index (χ4n) is 2.17. The highest BCUT2D eigenvalue weighted by Crippen LogP contribution is 2.39. The van der Waals surface area contributed by atoms with E-state index in [4.69, 9.17) is 15.2 Å². The Hall–Kier alpha value is -1.27. The van der Waals surface area contributed by atoms with Gasteiger partial charge in [0.15, 0.2) is 21.3 Å². The SMILES string of the molecule is CC(C)(N)Cc1ccc2c(c1S(C)(=O)=O)OCCO2. The van der Waals surface area contributed by atoms with E-state index in [0.29, 0.717) is 36.7 Å². The molecule has 0 aromatic heterocycles. The Labute approximate surface area is 113 Å². The van der Waals surface area contributed by atoms with Crippen molar-refractivity contribution < 1.29 is 17.9 Å². The predicted molar refractivity (Wildman–Crippen MR) is 72.5 cm³/mol. The molecule has 0 radical (unpaired) electrons. The Balaban J connectivity index is 2.62. The molecule has 0 bridgehead atoms. The van der Waals surface area contributed by atoms with Crippen LogP contribution < -0.4 is 15.2 Å². The van der Waals surface area contributed by atoms with E-state index in [2.05, 4.69) is 0 Å². The van der Waals surface area contributed by atoms with Crippen LogP contribution in [0.1, 0.15) is 19.4 Å². The number of fused-ring (bicyclic) bond motifs is 1. The molecule has 1 aliphatic rings. The topological polar surface area (TPSA) is 78.6 Å². The molecule has 0 spiro atoms. The molecular formula is C13H19NO4S. The minimum Gasteiger partial charge on any atom is -0.486 e. The molecule has 2 N–H and O–H groups in total. The van der Waals surface area contributed by atoms with E-state index in [1.54, 1.807) is 12.1 Å². The van der Waals surface area contributed by atoms with Crippen LogP contribution in [0.3, 0.4) is 0 Å². The van der Waals surface area contributed by atoms with Gasteiger partial charge in [-0.3, -0.25) is 0 Å². The van der Waals surface area contributed by atoms with Gasteiger partial charge in [0.25, 0.3) is 0 Å². The molecule has 5 nitrogen and oxygen atoms in total. The summed E-state index contributed by atoms with van der Waals surface area (Å²) < 4.78 is 35.0. The second kappa shape index (κ2) is 4.68. The maximum atomic E-state index is 12.0. The van der Waals surface area contributed by atoms with E-state index >= 15 is 0 Å². The number of nitrogens with two attached hydrogens (primary N) is 1. The number of hydrogen-bond donors (Lipinski definition) is 1. The van der Waals surface area contributed by atoms with Crippen molar-refractivity contribution >= 4 is 9.84 Å². The van der Waals surface area contributed by atoms with Gasteiger partial charge < -0.3 is 15.2 Å². The summed E-state index contributed by atoms with van der Waals surface area (Å²) in [5.74, 6) is 0.792. The first-order valence-electron chi connectivity index (χ1n) is 6.09. The minimum atomic E-state index is -3.41. The van der Waals surface area contributed by atoms with Crippen LogP contribution >= 0.6 is 0 Å². The molecule has 0 atom stereocenters. The summed E-state index contributed by atoms with van der Waals surface area (Å²) in [6.07, 6.45) is 1.62. The maximum Gasteiger partial charge on any atom is 0.180 e. The Bertz CT molecular complexity index is 587. The van der Waals surface area contributed by atoms with Crippen LogP contribution in [0.4, 0.5) is 0 Å². The summed E-state index contributed by atoms with van der Waals surface area (Å²) in [7, 11) is -3.41. The number of sulfone groups is 1. The first-order chi connectivity index (χ1) is 8.68. The maximum absolute atomic E-state index is 12.0. The highest BCUT2D eigenvalue weighted by Gasteiger charge is 2.27. The van der Waals surface area contributed by atoms with E-state index in [-0.39, 0.29) is 4.90 Å². The van der Waals surface area contributed by atoms with Gasteiger partial charge in [-0.1, -0.05) is 6.07 Å². The van der Waals surface area contributed by atoms with Crippen molar-refractivity contribution in [2.45, 2.75) is 30.7 Å². The molecule has 0 amide bonds. The van der Waals surface area contributed by atoms with Crippen LogP contribution in [0.2, 0.25) is 0 Å². The molecule has 1 heterocycles. The summed E-state index contributed by atoms with van der Waals surface area (Å²) in [5.41, 5.74) is 6.16. The second-order valence-corrected chi connectivity index (χ2v) is 7.47. The van der Waals surface area contributed by atoms with Crippen molar-refractivity contribution in [3.63, 3.8) is 0 Å². The lowest BCUT2D eigenvalue weighted by Gasteiger charge is -2.25. The molecule has 106 valence electrons. The van der Waals surface area contributed by atoms with Gasteiger partial charge in [-0.15, -0.1) is 0 Å². The average molecular weight is 285 g/mol. The van der Waals surface area contributed by atoms with Gasteiger partial charge in [-0.2, -0.15) is 0 Å². The summed E-state index contributed by atoms with van der Waals surface area (Å²) >= 11 is 0. The quantitative estimate of drug-likeness (QED) is 0.901. The molecule has 0 saturated heterocycles. The highest BCUT2D eigenvalue weighted by atomic mass is 32.2. The largest absolute Gasteiger partial charge is 0.486 e. The molecule has 0 aliphatic carbocycles. The molecule has 6 heteroatoms. The number of hydrogen-bond acceptors (Lipinski definition) is 5. The molecule has 1 aliphatic heterocycles. The number of benzene rings is 1. The standard InChI is InChI=1S/C13H19NO4S/c1-13(2,14)8-9-4-5-10-11(18-7-6-17-10)12(9)19(3,15)16/h4-5H,6-8,14H2,1-3H3. The molecular weight excluding hydrogens is 266 g/mol. The minimum absolute atomic E-state index is 0.197. The Morgan fingerprint density at radius 2 is 1.89 bits per heavy atom. The monoisotopic (exact) mass is 285 g/mol. The normalized spacial score (nSPS) is 15.4. The van der Waals surface area contributed by atoms with Gasteiger partial charge in [0.2, 0.25) is 0 Å². The van der Waals surface area contributed by atoms with Gasteiger partial charge in [-0.25, -0.2) is 8.42 Å². The van der Waals surface area contributed by atoms with E-state index in [1.807, 2.05) is 13.8 Å². The summed E-state index contributed by atoms with van der Waals surface area (Å²) in [4.78, 5) is 0.197. The molecule has 1 aromatic carbocycles. The zero-order valence-corrected chi connectivity index (χ0v) is 12.2. The van der Waals surface area contributed by atoms with E-state index < -0.39 is 15.4 Å². The Morgan fingerprint density at radius 1 is 1.26 bits per heavy atom. The first kappa shape index (κ1) is 14.1. The van der Waals surface area contributed by atoms with Crippen LogP contribution in [-0.2, 0) is 16.3 Å². The molecule has 2 rings (SSSR count).